The fourth-order valence-electron chi connectivity index (χ4n) is 1.49. The molecule has 0 heterocycles. The molecule has 1 rings (SSSR count). The molecule has 0 radical (unpaired) electrons. The van der Waals surface area contributed by atoms with Crippen molar-refractivity contribution in [1.29, 1.82) is 0 Å². The number of rotatable bonds is 5. The number of nitrogens with two attached hydrogens (primary N) is 1. The lowest BCUT2D eigenvalue weighted by Gasteiger charge is -2.16. The van der Waals surface area contributed by atoms with Crippen LogP contribution in [0.5, 0.6) is 5.75 Å². The second kappa shape index (κ2) is 5.37. The Labute approximate surface area is 102 Å². The predicted molar refractivity (Wildman–Crippen MR) is 67.5 cm³/mol. The number of sulfonamides is 1. The first-order chi connectivity index (χ1) is 7.93. The summed E-state index contributed by atoms with van der Waals surface area (Å²) in [5.74, 6) is 0.474. The van der Waals surface area contributed by atoms with Gasteiger partial charge in [-0.05, 0) is 24.6 Å². The summed E-state index contributed by atoms with van der Waals surface area (Å²) < 4.78 is 30.5. The zero-order chi connectivity index (χ0) is 13.1. The van der Waals surface area contributed by atoms with E-state index in [4.69, 9.17) is 10.5 Å². The highest BCUT2D eigenvalue weighted by Crippen LogP contribution is 2.25. The first-order valence-electron chi connectivity index (χ1n) is 5.33. The van der Waals surface area contributed by atoms with Crippen molar-refractivity contribution in [3.8, 4) is 5.75 Å². The summed E-state index contributed by atoms with van der Waals surface area (Å²) >= 11 is 0. The highest BCUT2D eigenvalue weighted by atomic mass is 32.2. The van der Waals surface area contributed by atoms with Crippen LogP contribution in [0.4, 0.5) is 5.69 Å². The van der Waals surface area contributed by atoms with Crippen molar-refractivity contribution >= 4 is 15.7 Å². The number of hydrogen-bond donors (Lipinski definition) is 1. The van der Waals surface area contributed by atoms with Gasteiger partial charge in [-0.1, -0.05) is 6.92 Å². The second-order valence-electron chi connectivity index (χ2n) is 3.73. The quantitative estimate of drug-likeness (QED) is 0.808. The summed E-state index contributed by atoms with van der Waals surface area (Å²) in [4.78, 5) is 0.187. The number of hydrogen-bond acceptors (Lipinski definition) is 4. The van der Waals surface area contributed by atoms with Gasteiger partial charge < -0.3 is 10.5 Å². The van der Waals surface area contributed by atoms with Gasteiger partial charge in [-0.15, -0.1) is 0 Å². The van der Waals surface area contributed by atoms with E-state index in [2.05, 4.69) is 0 Å². The lowest BCUT2D eigenvalue weighted by atomic mass is 10.3. The minimum absolute atomic E-state index is 0.187. The molecule has 0 spiro atoms. The second-order valence-corrected chi connectivity index (χ2v) is 5.78. The van der Waals surface area contributed by atoms with E-state index >= 15 is 0 Å². The monoisotopic (exact) mass is 258 g/mol. The molecule has 17 heavy (non-hydrogen) atoms. The summed E-state index contributed by atoms with van der Waals surface area (Å²) in [6, 6.07) is 4.47. The molecule has 1 aromatic carbocycles. The molecular weight excluding hydrogens is 240 g/mol. The molecule has 0 aromatic heterocycles. The number of methoxy groups -OCH3 is 1. The van der Waals surface area contributed by atoms with Gasteiger partial charge in [0.1, 0.15) is 5.75 Å². The van der Waals surface area contributed by atoms with Gasteiger partial charge in [0, 0.05) is 13.6 Å². The summed E-state index contributed by atoms with van der Waals surface area (Å²) in [6.45, 7) is 2.41. The van der Waals surface area contributed by atoms with E-state index in [1.807, 2.05) is 6.92 Å². The first kappa shape index (κ1) is 13.8. The average Bonchev–Trinajstić information content (AvgIpc) is 2.29. The minimum atomic E-state index is -3.45. The van der Waals surface area contributed by atoms with Crippen LogP contribution < -0.4 is 10.5 Å². The standard InChI is InChI=1S/C11H18N2O3S/c1-4-7-13(2)17(14,15)9-5-6-11(16-3)10(12)8-9/h5-6,8H,4,7,12H2,1-3H3. The Morgan fingerprint density at radius 2 is 2.06 bits per heavy atom. The van der Waals surface area contributed by atoms with Crippen molar-refractivity contribution in [3.63, 3.8) is 0 Å². The summed E-state index contributed by atoms with van der Waals surface area (Å²) in [7, 11) is -0.407. The summed E-state index contributed by atoms with van der Waals surface area (Å²) in [5.41, 5.74) is 6.01. The zero-order valence-electron chi connectivity index (χ0n) is 10.3. The smallest absolute Gasteiger partial charge is 0.242 e. The Balaban J connectivity index is 3.12. The van der Waals surface area contributed by atoms with Crippen molar-refractivity contribution < 1.29 is 13.2 Å². The molecule has 0 aliphatic heterocycles. The van der Waals surface area contributed by atoms with Crippen molar-refractivity contribution in [2.45, 2.75) is 18.2 Å². The topological polar surface area (TPSA) is 72.6 Å². The van der Waals surface area contributed by atoms with Crippen molar-refractivity contribution in [3.05, 3.63) is 18.2 Å². The maximum Gasteiger partial charge on any atom is 0.242 e. The predicted octanol–water partition coefficient (Wildman–Crippen LogP) is 1.31. The molecule has 0 saturated carbocycles. The van der Waals surface area contributed by atoms with Crippen LogP contribution in [0.1, 0.15) is 13.3 Å². The third kappa shape index (κ3) is 2.89. The molecule has 2 N–H and O–H groups in total. The summed E-state index contributed by atoms with van der Waals surface area (Å²) in [6.07, 6.45) is 0.765. The Morgan fingerprint density at radius 1 is 1.41 bits per heavy atom. The van der Waals surface area contributed by atoms with Crippen LogP contribution in [-0.2, 0) is 10.0 Å². The van der Waals surface area contributed by atoms with Crippen molar-refractivity contribution in [2.75, 3.05) is 26.4 Å². The zero-order valence-corrected chi connectivity index (χ0v) is 11.1. The molecule has 1 aromatic rings. The van der Waals surface area contributed by atoms with Crippen LogP contribution in [0.3, 0.4) is 0 Å². The highest BCUT2D eigenvalue weighted by molar-refractivity contribution is 7.89. The van der Waals surface area contributed by atoms with Crippen molar-refractivity contribution in [2.24, 2.45) is 0 Å². The minimum Gasteiger partial charge on any atom is -0.495 e. The van der Waals surface area contributed by atoms with E-state index in [9.17, 15) is 8.42 Å². The van der Waals surface area contributed by atoms with Gasteiger partial charge in [0.05, 0.1) is 17.7 Å². The summed E-state index contributed by atoms with van der Waals surface area (Å²) in [5, 5.41) is 0. The van der Waals surface area contributed by atoms with E-state index in [1.165, 1.54) is 23.5 Å². The molecule has 0 fully saturated rings. The van der Waals surface area contributed by atoms with Crippen molar-refractivity contribution in [1.82, 2.24) is 4.31 Å². The average molecular weight is 258 g/mol. The molecule has 0 bridgehead atoms. The van der Waals surface area contributed by atoms with Gasteiger partial charge in [0.25, 0.3) is 0 Å². The van der Waals surface area contributed by atoms with E-state index < -0.39 is 10.0 Å². The maximum absolute atomic E-state index is 12.1. The molecule has 6 heteroatoms. The van der Waals surface area contributed by atoms with Crippen LogP contribution in [0, 0.1) is 0 Å². The van der Waals surface area contributed by atoms with Crippen LogP contribution in [0.25, 0.3) is 0 Å². The fraction of sp³-hybridized carbons (Fsp3) is 0.455. The number of anilines is 1. The lowest BCUT2D eigenvalue weighted by Crippen LogP contribution is -2.27. The largest absolute Gasteiger partial charge is 0.495 e. The molecule has 96 valence electrons. The first-order valence-corrected chi connectivity index (χ1v) is 6.77. The van der Waals surface area contributed by atoms with Crippen LogP contribution >= 0.6 is 0 Å². The number of benzene rings is 1. The van der Waals surface area contributed by atoms with Gasteiger partial charge in [0.2, 0.25) is 10.0 Å². The van der Waals surface area contributed by atoms with Gasteiger partial charge in [0.15, 0.2) is 0 Å². The SMILES string of the molecule is CCCN(C)S(=O)(=O)c1ccc(OC)c(N)c1. The number of nitrogens with zero attached hydrogens (tertiary/aromatic N) is 1. The van der Waals surface area contributed by atoms with Gasteiger partial charge in [-0.2, -0.15) is 0 Å². The van der Waals surface area contributed by atoms with E-state index in [1.54, 1.807) is 13.1 Å². The third-order valence-corrected chi connectivity index (χ3v) is 4.30. The lowest BCUT2D eigenvalue weighted by molar-refractivity contribution is 0.416. The van der Waals surface area contributed by atoms with Gasteiger partial charge >= 0.3 is 0 Å². The van der Waals surface area contributed by atoms with Gasteiger partial charge in [-0.25, -0.2) is 12.7 Å². The van der Waals surface area contributed by atoms with Crippen LogP contribution in [-0.4, -0.2) is 33.4 Å². The Kier molecular flexibility index (Phi) is 4.36. The molecule has 5 nitrogen and oxygen atoms in total. The molecule has 0 aliphatic rings. The molecular formula is C11H18N2O3S. The Hall–Kier alpha value is -1.27. The number of nitrogen functional groups attached to an aromatic ring is 1. The molecule has 0 amide bonds. The molecule has 0 saturated heterocycles. The molecule has 0 atom stereocenters. The Morgan fingerprint density at radius 3 is 2.53 bits per heavy atom. The van der Waals surface area contributed by atoms with E-state index in [0.29, 0.717) is 18.0 Å². The maximum atomic E-state index is 12.1. The fourth-order valence-corrected chi connectivity index (χ4v) is 2.79. The number of ether oxygens (including phenoxy) is 1. The van der Waals surface area contributed by atoms with E-state index in [0.717, 1.165) is 6.42 Å². The highest BCUT2D eigenvalue weighted by Gasteiger charge is 2.20. The van der Waals surface area contributed by atoms with Gasteiger partial charge in [-0.3, -0.25) is 0 Å². The molecule has 0 unspecified atom stereocenters. The third-order valence-electron chi connectivity index (χ3n) is 2.45. The normalized spacial score (nSPS) is 11.8. The Bertz CT molecular complexity index is 485. The van der Waals surface area contributed by atoms with Crippen LogP contribution in [0.15, 0.2) is 23.1 Å². The van der Waals surface area contributed by atoms with Crippen LogP contribution in [0.2, 0.25) is 0 Å². The molecule has 0 aliphatic carbocycles. The van der Waals surface area contributed by atoms with E-state index in [-0.39, 0.29) is 4.90 Å².